The molecule has 0 bridgehead atoms. The Kier molecular flexibility index (Phi) is 5.63. The van der Waals surface area contributed by atoms with Crippen molar-refractivity contribution in [2.75, 3.05) is 13.2 Å². The Morgan fingerprint density at radius 3 is 2.50 bits per heavy atom. The number of amides is 1. The number of carbonyl (C=O) groups excluding carboxylic acids is 1. The van der Waals surface area contributed by atoms with Crippen LogP contribution in [0.3, 0.4) is 0 Å². The molecule has 1 aromatic rings. The third-order valence-electron chi connectivity index (χ3n) is 3.65. The van der Waals surface area contributed by atoms with Crippen molar-refractivity contribution in [3.8, 4) is 11.5 Å². The number of para-hydroxylation sites is 2. The molecular formula is C16H21NO5. The zero-order valence-corrected chi connectivity index (χ0v) is 12.6. The minimum atomic E-state index is -0.793. The number of ether oxygens (including phenoxy) is 2. The van der Waals surface area contributed by atoms with E-state index in [1.807, 2.05) is 19.1 Å². The van der Waals surface area contributed by atoms with Crippen LogP contribution in [0.25, 0.3) is 0 Å². The zero-order valence-electron chi connectivity index (χ0n) is 12.6. The van der Waals surface area contributed by atoms with E-state index >= 15 is 0 Å². The summed E-state index contributed by atoms with van der Waals surface area (Å²) < 4.78 is 10.9. The van der Waals surface area contributed by atoms with Crippen molar-refractivity contribution >= 4 is 11.9 Å². The highest BCUT2D eigenvalue weighted by Crippen LogP contribution is 2.27. The molecule has 1 aliphatic rings. The van der Waals surface area contributed by atoms with Gasteiger partial charge in [-0.15, -0.1) is 0 Å². The van der Waals surface area contributed by atoms with Gasteiger partial charge in [0, 0.05) is 6.04 Å². The summed E-state index contributed by atoms with van der Waals surface area (Å²) in [6.07, 6.45) is 1.78. The molecule has 2 atom stereocenters. The highest BCUT2D eigenvalue weighted by atomic mass is 16.5. The number of carboxylic acids is 1. The molecule has 0 aromatic heterocycles. The van der Waals surface area contributed by atoms with Crippen molar-refractivity contribution in [2.24, 2.45) is 5.92 Å². The van der Waals surface area contributed by atoms with E-state index in [0.29, 0.717) is 37.4 Å². The quantitative estimate of drug-likeness (QED) is 0.803. The Morgan fingerprint density at radius 1 is 1.23 bits per heavy atom. The van der Waals surface area contributed by atoms with Crippen LogP contribution >= 0.6 is 0 Å². The molecule has 0 saturated heterocycles. The summed E-state index contributed by atoms with van der Waals surface area (Å²) in [5.41, 5.74) is 0. The Balaban J connectivity index is 1.80. The Hall–Kier alpha value is -2.24. The lowest BCUT2D eigenvalue weighted by Crippen LogP contribution is -2.36. The first kappa shape index (κ1) is 16.1. The normalized spacial score (nSPS) is 20.4. The van der Waals surface area contributed by atoms with E-state index in [1.165, 1.54) is 0 Å². The maximum atomic E-state index is 11.9. The van der Waals surface area contributed by atoms with E-state index < -0.39 is 5.97 Å². The van der Waals surface area contributed by atoms with Crippen LogP contribution in [0.4, 0.5) is 0 Å². The second-order valence-corrected chi connectivity index (χ2v) is 5.28. The molecule has 0 heterocycles. The van der Waals surface area contributed by atoms with Crippen molar-refractivity contribution in [3.63, 3.8) is 0 Å². The van der Waals surface area contributed by atoms with E-state index in [-0.39, 0.29) is 24.5 Å². The lowest BCUT2D eigenvalue weighted by Gasteiger charge is -2.14. The lowest BCUT2D eigenvalue weighted by atomic mass is 10.1. The van der Waals surface area contributed by atoms with Gasteiger partial charge in [-0.25, -0.2) is 0 Å². The largest absolute Gasteiger partial charge is 0.490 e. The second-order valence-electron chi connectivity index (χ2n) is 5.28. The third kappa shape index (κ3) is 4.38. The number of rotatable bonds is 7. The summed E-state index contributed by atoms with van der Waals surface area (Å²) in [5.74, 6) is -0.273. The monoisotopic (exact) mass is 307 g/mol. The van der Waals surface area contributed by atoms with Gasteiger partial charge in [-0.05, 0) is 38.3 Å². The van der Waals surface area contributed by atoms with E-state index in [0.717, 1.165) is 0 Å². The molecule has 2 rings (SSSR count). The summed E-state index contributed by atoms with van der Waals surface area (Å²) in [7, 11) is 0. The first-order valence-electron chi connectivity index (χ1n) is 7.47. The number of hydrogen-bond acceptors (Lipinski definition) is 4. The van der Waals surface area contributed by atoms with Crippen molar-refractivity contribution < 1.29 is 24.2 Å². The average molecular weight is 307 g/mol. The number of aliphatic carboxylic acids is 1. The maximum absolute atomic E-state index is 11.9. The summed E-state index contributed by atoms with van der Waals surface area (Å²) in [6.45, 7) is 2.28. The summed E-state index contributed by atoms with van der Waals surface area (Å²) in [4.78, 5) is 22.8. The van der Waals surface area contributed by atoms with Crippen molar-refractivity contribution in [3.05, 3.63) is 24.3 Å². The van der Waals surface area contributed by atoms with E-state index in [2.05, 4.69) is 5.32 Å². The molecule has 120 valence electrons. The van der Waals surface area contributed by atoms with Gasteiger partial charge in [0.25, 0.3) is 5.91 Å². The van der Waals surface area contributed by atoms with Gasteiger partial charge < -0.3 is 19.9 Å². The highest BCUT2D eigenvalue weighted by Gasteiger charge is 2.30. The number of hydrogen-bond donors (Lipinski definition) is 2. The fourth-order valence-electron chi connectivity index (χ4n) is 2.59. The van der Waals surface area contributed by atoms with E-state index in [1.54, 1.807) is 12.1 Å². The van der Waals surface area contributed by atoms with Gasteiger partial charge in [0.05, 0.1) is 12.5 Å². The van der Waals surface area contributed by atoms with Crippen LogP contribution in [-0.2, 0) is 9.59 Å². The topological polar surface area (TPSA) is 84.9 Å². The average Bonchev–Trinajstić information content (AvgIpc) is 2.95. The molecule has 0 unspecified atom stereocenters. The summed E-state index contributed by atoms with van der Waals surface area (Å²) >= 11 is 0. The minimum absolute atomic E-state index is 0.0839. The molecule has 1 fully saturated rings. The molecule has 6 nitrogen and oxygen atoms in total. The number of benzene rings is 1. The van der Waals surface area contributed by atoms with Gasteiger partial charge in [-0.3, -0.25) is 9.59 Å². The van der Waals surface area contributed by atoms with Crippen LogP contribution in [0.1, 0.15) is 26.2 Å². The first-order chi connectivity index (χ1) is 10.6. The molecule has 0 spiro atoms. The van der Waals surface area contributed by atoms with Crippen LogP contribution < -0.4 is 14.8 Å². The predicted octanol–water partition coefficient (Wildman–Crippen LogP) is 1.83. The fraction of sp³-hybridized carbons (Fsp3) is 0.500. The third-order valence-corrected chi connectivity index (χ3v) is 3.65. The molecule has 1 aliphatic carbocycles. The number of nitrogens with one attached hydrogen (secondary N) is 1. The van der Waals surface area contributed by atoms with Gasteiger partial charge >= 0.3 is 5.97 Å². The molecule has 1 saturated carbocycles. The van der Waals surface area contributed by atoms with Crippen molar-refractivity contribution in [2.45, 2.75) is 32.2 Å². The summed E-state index contributed by atoms with van der Waals surface area (Å²) in [5, 5.41) is 11.8. The molecule has 1 amide bonds. The molecule has 22 heavy (non-hydrogen) atoms. The van der Waals surface area contributed by atoms with E-state index in [9.17, 15) is 9.59 Å². The van der Waals surface area contributed by atoms with Gasteiger partial charge in [0.2, 0.25) is 0 Å². The van der Waals surface area contributed by atoms with Gasteiger partial charge in [-0.1, -0.05) is 12.1 Å². The van der Waals surface area contributed by atoms with Gasteiger partial charge in [-0.2, -0.15) is 0 Å². The number of carboxylic acid groups (broad SMARTS) is 1. The predicted molar refractivity (Wildman–Crippen MR) is 80.0 cm³/mol. The van der Waals surface area contributed by atoms with E-state index in [4.69, 9.17) is 14.6 Å². The smallest absolute Gasteiger partial charge is 0.306 e. The molecule has 0 aliphatic heterocycles. The fourth-order valence-corrected chi connectivity index (χ4v) is 2.59. The van der Waals surface area contributed by atoms with Gasteiger partial charge in [0.1, 0.15) is 0 Å². The van der Waals surface area contributed by atoms with Crippen LogP contribution in [0.5, 0.6) is 11.5 Å². The molecule has 2 N–H and O–H groups in total. The zero-order chi connectivity index (χ0) is 15.9. The number of carbonyl (C=O) groups is 2. The van der Waals surface area contributed by atoms with Crippen molar-refractivity contribution in [1.82, 2.24) is 5.32 Å². The van der Waals surface area contributed by atoms with Crippen LogP contribution in [0.2, 0.25) is 0 Å². The van der Waals surface area contributed by atoms with Crippen LogP contribution in [0, 0.1) is 5.92 Å². The first-order valence-corrected chi connectivity index (χ1v) is 7.47. The van der Waals surface area contributed by atoms with Crippen LogP contribution in [0.15, 0.2) is 24.3 Å². The molecule has 0 radical (unpaired) electrons. The Morgan fingerprint density at radius 2 is 1.91 bits per heavy atom. The Bertz CT molecular complexity index is 531. The van der Waals surface area contributed by atoms with Crippen molar-refractivity contribution in [1.29, 1.82) is 0 Å². The Labute approximate surface area is 129 Å². The molecule has 1 aromatic carbocycles. The molecule has 6 heteroatoms. The maximum Gasteiger partial charge on any atom is 0.306 e. The standard InChI is InChI=1S/C16H21NO5/c1-2-21-13-5-3-4-6-14(13)22-10-15(18)17-12-8-7-11(9-12)16(19)20/h3-6,11-12H,2,7-10H2,1H3,(H,17,18)(H,19,20)/t11-,12+/m1/s1. The highest BCUT2D eigenvalue weighted by molar-refractivity contribution is 5.78. The summed E-state index contributed by atoms with van der Waals surface area (Å²) in [6, 6.07) is 7.09. The van der Waals surface area contributed by atoms with Gasteiger partial charge in [0.15, 0.2) is 18.1 Å². The lowest BCUT2D eigenvalue weighted by molar-refractivity contribution is -0.141. The molecular weight excluding hydrogens is 286 g/mol. The second kappa shape index (κ2) is 7.68. The SMILES string of the molecule is CCOc1ccccc1OCC(=O)N[C@H]1CC[C@@H](C(=O)O)C1. The van der Waals surface area contributed by atoms with Crippen LogP contribution in [-0.4, -0.2) is 36.2 Å². The minimum Gasteiger partial charge on any atom is -0.490 e.